The van der Waals surface area contributed by atoms with Crippen LogP contribution in [0.2, 0.25) is 5.02 Å². The fourth-order valence-corrected chi connectivity index (χ4v) is 6.63. The molecule has 0 N–H and O–H groups in total. The van der Waals surface area contributed by atoms with Gasteiger partial charge >= 0.3 is 0 Å². The first-order chi connectivity index (χ1) is 19.7. The molecule has 0 bridgehead atoms. The monoisotopic (exact) mass is 595 g/mol. The van der Waals surface area contributed by atoms with E-state index in [9.17, 15) is 22.8 Å². The smallest absolute Gasteiger partial charge is 0.261 e. The van der Waals surface area contributed by atoms with Crippen LogP contribution in [0.3, 0.4) is 0 Å². The van der Waals surface area contributed by atoms with Crippen LogP contribution >= 0.6 is 11.6 Å². The Kier molecular flexibility index (Phi) is 9.96. The minimum absolute atomic E-state index is 0.148. The van der Waals surface area contributed by atoms with Crippen LogP contribution in [0.4, 0.5) is 5.69 Å². The summed E-state index contributed by atoms with van der Waals surface area (Å²) < 4.78 is 27.8. The molecule has 4 rings (SSSR count). The normalized spacial score (nSPS) is 13.1. The number of anilines is 1. The number of rotatable bonds is 13. The molecule has 10 heteroatoms. The van der Waals surface area contributed by atoms with Crippen molar-refractivity contribution in [3.8, 4) is 0 Å². The Morgan fingerprint density at radius 3 is 1.88 bits per heavy atom. The molecule has 0 saturated heterocycles. The number of halogens is 1. The van der Waals surface area contributed by atoms with Gasteiger partial charge in [-0.1, -0.05) is 37.6 Å². The minimum atomic E-state index is -3.67. The summed E-state index contributed by atoms with van der Waals surface area (Å²) in [6, 6.07) is 19.7. The predicted octanol–water partition coefficient (Wildman–Crippen LogP) is 5.87. The number of amides is 3. The van der Waals surface area contributed by atoms with E-state index in [1.54, 1.807) is 53.4 Å². The summed E-state index contributed by atoms with van der Waals surface area (Å²) in [6.45, 7) is 5.30. The molecule has 216 valence electrons. The summed E-state index contributed by atoms with van der Waals surface area (Å²) in [5.74, 6) is -0.901. The van der Waals surface area contributed by atoms with Gasteiger partial charge < -0.3 is 4.90 Å². The van der Waals surface area contributed by atoms with Crippen LogP contribution in [0.1, 0.15) is 70.6 Å². The van der Waals surface area contributed by atoms with E-state index in [1.807, 2.05) is 13.8 Å². The highest BCUT2D eigenvalue weighted by Crippen LogP contribution is 2.25. The molecular weight excluding hydrogens is 562 g/mol. The van der Waals surface area contributed by atoms with E-state index in [4.69, 9.17) is 11.6 Å². The number of nitrogens with zero attached hydrogens (tertiary/aromatic N) is 3. The van der Waals surface area contributed by atoms with E-state index in [2.05, 4.69) is 0 Å². The number of carbonyl (C=O) groups excluding carboxylic acids is 3. The van der Waals surface area contributed by atoms with Gasteiger partial charge in [0, 0.05) is 42.5 Å². The van der Waals surface area contributed by atoms with Crippen LogP contribution in [0.25, 0.3) is 0 Å². The summed E-state index contributed by atoms with van der Waals surface area (Å²) in [5, 5.41) is 0.532. The van der Waals surface area contributed by atoms with Gasteiger partial charge in [-0.2, -0.15) is 4.31 Å². The fourth-order valence-electron chi connectivity index (χ4n) is 4.88. The number of fused-ring (bicyclic) bond motifs is 1. The van der Waals surface area contributed by atoms with Crippen molar-refractivity contribution in [3.05, 3.63) is 94.5 Å². The van der Waals surface area contributed by atoms with Crippen molar-refractivity contribution in [2.45, 2.75) is 44.4 Å². The van der Waals surface area contributed by atoms with Gasteiger partial charge in [0.05, 0.1) is 16.0 Å². The summed E-state index contributed by atoms with van der Waals surface area (Å²) >= 11 is 6.07. The maximum Gasteiger partial charge on any atom is 0.261 e. The Morgan fingerprint density at radius 1 is 0.780 bits per heavy atom. The van der Waals surface area contributed by atoms with Gasteiger partial charge in [-0.05, 0) is 86.3 Å². The van der Waals surface area contributed by atoms with Crippen molar-refractivity contribution < 1.29 is 22.8 Å². The number of sulfonamides is 1. The van der Waals surface area contributed by atoms with Crippen molar-refractivity contribution in [2.75, 3.05) is 31.1 Å². The Morgan fingerprint density at radius 2 is 1.34 bits per heavy atom. The summed E-state index contributed by atoms with van der Waals surface area (Å²) in [5.41, 5.74) is 1.80. The predicted molar refractivity (Wildman–Crippen MR) is 160 cm³/mol. The molecule has 3 aromatic rings. The van der Waals surface area contributed by atoms with Crippen LogP contribution in [0, 0.1) is 0 Å². The molecule has 1 aliphatic heterocycles. The first kappa shape index (κ1) is 30.4. The molecule has 0 spiro atoms. The fraction of sp³-hybridized carbons (Fsp3) is 0.323. The van der Waals surface area contributed by atoms with Crippen molar-refractivity contribution in [1.82, 2.24) is 9.21 Å². The molecule has 3 amide bonds. The molecule has 0 atom stereocenters. The average Bonchev–Trinajstić information content (AvgIpc) is 3.22. The molecule has 0 radical (unpaired) electrons. The Balaban J connectivity index is 1.47. The van der Waals surface area contributed by atoms with E-state index in [1.165, 1.54) is 33.5 Å². The highest BCUT2D eigenvalue weighted by molar-refractivity contribution is 7.89. The third-order valence-electron chi connectivity index (χ3n) is 6.96. The minimum Gasteiger partial charge on any atom is -0.308 e. The first-order valence-electron chi connectivity index (χ1n) is 13.8. The highest BCUT2D eigenvalue weighted by atomic mass is 35.5. The van der Waals surface area contributed by atoms with E-state index < -0.39 is 10.0 Å². The lowest BCUT2D eigenvalue weighted by atomic mass is 10.1. The zero-order valence-electron chi connectivity index (χ0n) is 23.3. The largest absolute Gasteiger partial charge is 0.308 e. The zero-order valence-corrected chi connectivity index (χ0v) is 24.8. The van der Waals surface area contributed by atoms with E-state index >= 15 is 0 Å². The Labute approximate surface area is 246 Å². The quantitative estimate of drug-likeness (QED) is 0.182. The SMILES string of the molecule is CCCN(CCC)S(=O)(=O)c1ccc(C(=O)N(CCCCN2C(=O)c3ccccc3C2=O)c2ccc(Cl)cc2)cc1. The Bertz CT molecular complexity index is 1470. The van der Waals surface area contributed by atoms with Crippen LogP contribution in [-0.4, -0.2) is 61.5 Å². The van der Waals surface area contributed by atoms with Crippen molar-refractivity contribution in [1.29, 1.82) is 0 Å². The zero-order chi connectivity index (χ0) is 29.6. The second-order valence-electron chi connectivity index (χ2n) is 9.88. The number of hydrogen-bond acceptors (Lipinski definition) is 5. The molecular formula is C31H34ClN3O5S. The van der Waals surface area contributed by atoms with Crippen molar-refractivity contribution in [2.24, 2.45) is 0 Å². The summed E-state index contributed by atoms with van der Waals surface area (Å²) in [6.07, 6.45) is 2.44. The van der Waals surface area contributed by atoms with Crippen molar-refractivity contribution >= 4 is 45.0 Å². The maximum atomic E-state index is 13.6. The molecule has 0 unspecified atom stereocenters. The van der Waals surface area contributed by atoms with E-state index in [0.717, 1.165) is 0 Å². The highest BCUT2D eigenvalue weighted by Gasteiger charge is 2.34. The number of carbonyl (C=O) groups is 3. The molecule has 0 saturated carbocycles. The average molecular weight is 596 g/mol. The lowest BCUT2D eigenvalue weighted by Crippen LogP contribution is -2.34. The second kappa shape index (κ2) is 13.4. The van der Waals surface area contributed by atoms with Crippen LogP contribution < -0.4 is 4.90 Å². The van der Waals surface area contributed by atoms with E-state index in [0.29, 0.717) is 72.7 Å². The van der Waals surface area contributed by atoms with Gasteiger partial charge in [-0.15, -0.1) is 0 Å². The topological polar surface area (TPSA) is 95.1 Å². The molecule has 0 aliphatic carbocycles. The summed E-state index contributed by atoms with van der Waals surface area (Å²) in [7, 11) is -3.67. The lowest BCUT2D eigenvalue weighted by Gasteiger charge is -2.24. The van der Waals surface area contributed by atoms with Gasteiger partial charge in [0.2, 0.25) is 10.0 Å². The number of benzene rings is 3. The summed E-state index contributed by atoms with van der Waals surface area (Å²) in [4.78, 5) is 42.0. The molecule has 3 aromatic carbocycles. The van der Waals surface area contributed by atoms with Gasteiger partial charge in [-0.3, -0.25) is 19.3 Å². The third-order valence-corrected chi connectivity index (χ3v) is 9.12. The van der Waals surface area contributed by atoms with Gasteiger partial charge in [0.25, 0.3) is 17.7 Å². The van der Waals surface area contributed by atoms with Gasteiger partial charge in [0.15, 0.2) is 0 Å². The molecule has 0 aromatic heterocycles. The van der Waals surface area contributed by atoms with E-state index in [-0.39, 0.29) is 29.2 Å². The molecule has 1 heterocycles. The van der Waals surface area contributed by atoms with Crippen LogP contribution in [0.15, 0.2) is 77.7 Å². The Hall–Kier alpha value is -3.53. The molecule has 0 fully saturated rings. The van der Waals surface area contributed by atoms with Crippen LogP contribution in [0.5, 0.6) is 0 Å². The maximum absolute atomic E-state index is 13.6. The first-order valence-corrected chi connectivity index (χ1v) is 15.6. The molecule has 1 aliphatic rings. The standard InChI is InChI=1S/C31H34ClN3O5S/c1-3-19-33(20-4-2)41(39,40)26-17-11-23(12-18-26)29(36)34(25-15-13-24(32)14-16-25)21-7-8-22-35-30(37)27-9-5-6-10-28(27)31(35)38/h5-6,9-18H,3-4,7-8,19-22H2,1-2H3. The molecule has 8 nitrogen and oxygen atoms in total. The number of hydrogen-bond donors (Lipinski definition) is 0. The lowest BCUT2D eigenvalue weighted by molar-refractivity contribution is 0.0651. The third kappa shape index (κ3) is 6.69. The molecule has 41 heavy (non-hydrogen) atoms. The van der Waals surface area contributed by atoms with Gasteiger partial charge in [0.1, 0.15) is 0 Å². The number of imide groups is 1. The van der Waals surface area contributed by atoms with Crippen molar-refractivity contribution in [3.63, 3.8) is 0 Å². The van der Waals surface area contributed by atoms with Crippen LogP contribution in [-0.2, 0) is 10.0 Å². The second-order valence-corrected chi connectivity index (χ2v) is 12.3. The van der Waals surface area contributed by atoms with Gasteiger partial charge in [-0.25, -0.2) is 8.42 Å². The number of unbranched alkanes of at least 4 members (excludes halogenated alkanes) is 1.